The Morgan fingerprint density at radius 3 is 2.59 bits per heavy atom. The van der Waals surface area contributed by atoms with Gasteiger partial charge in [0.25, 0.3) is 0 Å². The molecule has 228 valence electrons. The number of benzene rings is 3. The molecule has 3 aromatic carbocycles. The molecule has 1 aromatic heterocycles. The number of nitrogens with one attached hydrogen (secondary N) is 1. The van der Waals surface area contributed by atoms with Crippen molar-refractivity contribution in [2.75, 3.05) is 13.1 Å². The number of carbonyl (C=O) groups is 3. The van der Waals surface area contributed by atoms with E-state index >= 15 is 0 Å². The first kappa shape index (κ1) is 30.7. The van der Waals surface area contributed by atoms with Gasteiger partial charge >= 0.3 is 5.97 Å². The topological polar surface area (TPSA) is 82.7 Å². The number of fused-ring (bicyclic) bond motifs is 1. The SMILES string of the molecule is CCC(=O)O[C@H]1CCN(C(=O)[C@]2(Sc3ccc(C)cc3)CC(=O)N(Cc3ccc(Br)cc3)[C@H]2c2c[nH]c3cc(Cl)ccc23)C1. The van der Waals surface area contributed by atoms with Crippen molar-refractivity contribution in [2.24, 2.45) is 0 Å². The Morgan fingerprint density at radius 2 is 1.86 bits per heavy atom. The normalized spacial score (nSPS) is 21.8. The van der Waals surface area contributed by atoms with Gasteiger partial charge in [0.05, 0.1) is 19.0 Å². The molecule has 2 amide bonds. The molecule has 6 rings (SSSR count). The van der Waals surface area contributed by atoms with Crippen molar-refractivity contribution in [3.63, 3.8) is 0 Å². The number of aromatic amines is 1. The molecule has 0 radical (unpaired) electrons. The number of H-pyrrole nitrogens is 1. The van der Waals surface area contributed by atoms with Crippen LogP contribution >= 0.6 is 39.3 Å². The van der Waals surface area contributed by atoms with Gasteiger partial charge in [-0.05, 0) is 48.9 Å². The Bertz CT molecular complexity index is 1710. The Balaban J connectivity index is 1.48. The molecule has 4 aromatic rings. The number of esters is 1. The minimum Gasteiger partial charge on any atom is -0.460 e. The molecule has 2 saturated heterocycles. The number of amides is 2. The van der Waals surface area contributed by atoms with E-state index in [1.54, 1.807) is 11.8 Å². The van der Waals surface area contributed by atoms with E-state index in [1.807, 2.05) is 84.8 Å². The lowest BCUT2D eigenvalue weighted by molar-refractivity contribution is -0.149. The van der Waals surface area contributed by atoms with Crippen molar-refractivity contribution >= 4 is 68.0 Å². The smallest absolute Gasteiger partial charge is 0.305 e. The third-order valence-electron chi connectivity index (χ3n) is 8.43. The van der Waals surface area contributed by atoms with Gasteiger partial charge in [0.1, 0.15) is 10.9 Å². The zero-order valence-electron chi connectivity index (χ0n) is 24.5. The number of halogens is 2. The molecule has 2 aliphatic heterocycles. The number of nitrogens with zero attached hydrogens (tertiary/aromatic N) is 2. The van der Waals surface area contributed by atoms with Crippen LogP contribution in [-0.4, -0.2) is 56.5 Å². The second-order valence-electron chi connectivity index (χ2n) is 11.5. The van der Waals surface area contributed by atoms with Gasteiger partial charge in [0.15, 0.2) is 0 Å². The van der Waals surface area contributed by atoms with Crippen LogP contribution in [-0.2, 0) is 25.7 Å². The zero-order valence-corrected chi connectivity index (χ0v) is 27.7. The van der Waals surface area contributed by atoms with Gasteiger partial charge in [-0.2, -0.15) is 0 Å². The number of thioether (sulfide) groups is 1. The van der Waals surface area contributed by atoms with Gasteiger partial charge in [0.2, 0.25) is 11.8 Å². The molecule has 2 fully saturated rings. The summed E-state index contributed by atoms with van der Waals surface area (Å²) in [6, 6.07) is 21.0. The first-order valence-corrected chi connectivity index (χ1v) is 16.7. The fraction of sp³-hybridized carbons (Fsp3) is 0.324. The molecule has 0 unspecified atom stereocenters. The van der Waals surface area contributed by atoms with Crippen molar-refractivity contribution in [1.82, 2.24) is 14.8 Å². The summed E-state index contributed by atoms with van der Waals surface area (Å²) in [6.07, 6.45) is 2.42. The van der Waals surface area contributed by atoms with Gasteiger partial charge in [-0.15, -0.1) is 11.8 Å². The number of ether oxygens (including phenoxy) is 1. The number of rotatable bonds is 8. The van der Waals surface area contributed by atoms with Crippen molar-refractivity contribution in [2.45, 2.75) is 61.4 Å². The highest BCUT2D eigenvalue weighted by Gasteiger charge is 2.60. The Labute approximate surface area is 274 Å². The summed E-state index contributed by atoms with van der Waals surface area (Å²) < 4.78 is 5.40. The molecule has 44 heavy (non-hydrogen) atoms. The summed E-state index contributed by atoms with van der Waals surface area (Å²) in [7, 11) is 0. The fourth-order valence-electron chi connectivity index (χ4n) is 6.24. The van der Waals surface area contributed by atoms with Crippen molar-refractivity contribution in [3.8, 4) is 0 Å². The van der Waals surface area contributed by atoms with E-state index < -0.39 is 10.8 Å². The van der Waals surface area contributed by atoms with Crippen LogP contribution in [0, 0.1) is 6.92 Å². The van der Waals surface area contributed by atoms with Crippen molar-refractivity contribution in [1.29, 1.82) is 0 Å². The van der Waals surface area contributed by atoms with Crippen LogP contribution in [0.3, 0.4) is 0 Å². The molecule has 0 aliphatic carbocycles. The maximum Gasteiger partial charge on any atom is 0.305 e. The lowest BCUT2D eigenvalue weighted by atomic mass is 9.90. The molecule has 10 heteroatoms. The van der Waals surface area contributed by atoms with Gasteiger partial charge in [-0.3, -0.25) is 14.4 Å². The lowest BCUT2D eigenvalue weighted by Gasteiger charge is -2.38. The standard InChI is InChI=1S/C34H33BrClN3O4S/c1-3-31(41)43-25-14-15-38(20-25)33(42)34(44-26-11-4-21(2)5-12-26)17-30(40)39(19-22-6-8-23(35)9-7-22)32(34)28-18-37-29-16-24(36)10-13-27(28)29/h4-13,16,18,25,32,37H,3,14-15,17,19-20H2,1-2H3/t25-,32-,34-/m0/s1. The van der Waals surface area contributed by atoms with Gasteiger partial charge in [-0.25, -0.2) is 0 Å². The second kappa shape index (κ2) is 12.6. The number of aryl methyl sites for hydroxylation is 1. The average molecular weight is 695 g/mol. The van der Waals surface area contributed by atoms with Gasteiger partial charge < -0.3 is 19.5 Å². The first-order chi connectivity index (χ1) is 21.2. The molecule has 2 aliphatic rings. The third kappa shape index (κ3) is 6.02. The van der Waals surface area contributed by atoms with E-state index in [-0.39, 0.29) is 36.7 Å². The minimum absolute atomic E-state index is 0.0295. The highest BCUT2D eigenvalue weighted by molar-refractivity contribution is 9.10. The maximum atomic E-state index is 15.0. The second-order valence-corrected chi connectivity index (χ2v) is 14.2. The first-order valence-electron chi connectivity index (χ1n) is 14.7. The summed E-state index contributed by atoms with van der Waals surface area (Å²) in [4.78, 5) is 49.1. The third-order valence-corrected chi connectivity index (χ3v) is 10.6. The Hall–Kier alpha value is -3.27. The van der Waals surface area contributed by atoms with E-state index in [0.717, 1.165) is 37.0 Å². The molecular formula is C34H33BrClN3O4S. The zero-order chi connectivity index (χ0) is 31.0. The molecule has 1 N–H and O–H groups in total. The van der Waals surface area contributed by atoms with Crippen LogP contribution in [0.5, 0.6) is 0 Å². The van der Waals surface area contributed by atoms with Crippen LogP contribution in [0.2, 0.25) is 5.02 Å². The Morgan fingerprint density at radius 1 is 1.11 bits per heavy atom. The van der Waals surface area contributed by atoms with Crippen LogP contribution in [0.15, 0.2) is 82.3 Å². The molecule has 0 spiro atoms. The molecule has 7 nitrogen and oxygen atoms in total. The van der Waals surface area contributed by atoms with E-state index in [0.29, 0.717) is 31.1 Å². The molecule has 0 saturated carbocycles. The van der Waals surface area contributed by atoms with Gasteiger partial charge in [-0.1, -0.05) is 70.3 Å². The fourth-order valence-corrected chi connectivity index (χ4v) is 8.15. The molecule has 3 heterocycles. The number of carbonyl (C=O) groups excluding carboxylic acids is 3. The highest BCUT2D eigenvalue weighted by atomic mass is 79.9. The molecule has 0 bridgehead atoms. The Kier molecular flexibility index (Phi) is 8.81. The summed E-state index contributed by atoms with van der Waals surface area (Å²) >= 11 is 11.3. The summed E-state index contributed by atoms with van der Waals surface area (Å²) in [5.41, 5.74) is 3.77. The van der Waals surface area contributed by atoms with Crippen molar-refractivity contribution < 1.29 is 19.1 Å². The van der Waals surface area contributed by atoms with Crippen LogP contribution in [0.4, 0.5) is 0 Å². The highest BCUT2D eigenvalue weighted by Crippen LogP contribution is 2.55. The quantitative estimate of drug-likeness (QED) is 0.194. The van der Waals surface area contributed by atoms with Crippen molar-refractivity contribution in [3.05, 3.63) is 99.1 Å². The number of likely N-dealkylation sites (tertiary alicyclic amines) is 2. The maximum absolute atomic E-state index is 15.0. The lowest BCUT2D eigenvalue weighted by Crippen LogP contribution is -2.49. The van der Waals surface area contributed by atoms with E-state index in [2.05, 4.69) is 20.9 Å². The van der Waals surface area contributed by atoms with Crippen LogP contribution in [0.1, 0.15) is 48.9 Å². The summed E-state index contributed by atoms with van der Waals surface area (Å²) in [5, 5.41) is 1.51. The molecular weight excluding hydrogens is 662 g/mol. The average Bonchev–Trinajstić information content (AvgIpc) is 3.71. The predicted molar refractivity (Wildman–Crippen MR) is 176 cm³/mol. The van der Waals surface area contributed by atoms with E-state index in [9.17, 15) is 14.4 Å². The summed E-state index contributed by atoms with van der Waals surface area (Å²) in [5.74, 6) is -0.500. The monoisotopic (exact) mass is 693 g/mol. The van der Waals surface area contributed by atoms with Crippen LogP contribution < -0.4 is 0 Å². The van der Waals surface area contributed by atoms with Gasteiger partial charge in [0, 0.05) is 63.0 Å². The van der Waals surface area contributed by atoms with E-state index in [1.165, 1.54) is 11.8 Å². The number of hydrogen-bond donors (Lipinski definition) is 1. The number of hydrogen-bond acceptors (Lipinski definition) is 5. The minimum atomic E-state index is -1.18. The van der Waals surface area contributed by atoms with Crippen LogP contribution in [0.25, 0.3) is 10.9 Å². The predicted octanol–water partition coefficient (Wildman–Crippen LogP) is 7.45. The largest absolute Gasteiger partial charge is 0.460 e. The number of aromatic nitrogens is 1. The molecule has 3 atom stereocenters. The summed E-state index contributed by atoms with van der Waals surface area (Å²) in [6.45, 7) is 4.88. The van der Waals surface area contributed by atoms with E-state index in [4.69, 9.17) is 16.3 Å².